The lowest BCUT2D eigenvalue weighted by Gasteiger charge is -2.29. The van der Waals surface area contributed by atoms with Crippen LogP contribution < -0.4 is 10.7 Å². The van der Waals surface area contributed by atoms with Crippen LogP contribution in [-0.4, -0.2) is 51.2 Å². The lowest BCUT2D eigenvalue weighted by atomic mass is 10.1. The molecule has 1 aliphatic rings. The average Bonchev–Trinajstić information content (AvgIpc) is 2.70. The number of hydrogen-bond donors (Lipinski definition) is 3. The van der Waals surface area contributed by atoms with E-state index in [9.17, 15) is 32.7 Å². The van der Waals surface area contributed by atoms with Crippen LogP contribution in [0.25, 0.3) is 0 Å². The molecule has 0 bridgehead atoms. The molecule has 168 valence electrons. The fourth-order valence-corrected chi connectivity index (χ4v) is 3.00. The van der Waals surface area contributed by atoms with Gasteiger partial charge in [-0.25, -0.2) is 13.2 Å². The number of carbonyl (C=O) groups is 2. The third-order valence-electron chi connectivity index (χ3n) is 4.51. The van der Waals surface area contributed by atoms with Gasteiger partial charge in [-0.2, -0.15) is 0 Å². The molecule has 0 fully saturated rings. The van der Waals surface area contributed by atoms with E-state index in [2.05, 4.69) is 5.32 Å². The van der Waals surface area contributed by atoms with Gasteiger partial charge in [-0.3, -0.25) is 14.4 Å². The number of pyridine rings is 1. The zero-order chi connectivity index (χ0) is 23.3. The Morgan fingerprint density at radius 3 is 2.26 bits per heavy atom. The zero-order valence-electron chi connectivity index (χ0n) is 16.9. The lowest BCUT2D eigenvalue weighted by molar-refractivity contribution is 0.0705. The van der Waals surface area contributed by atoms with Crippen LogP contribution in [0.2, 0.25) is 0 Å². The number of halogens is 3. The third kappa shape index (κ3) is 5.05. The number of rotatable bonds is 4. The Morgan fingerprint density at radius 2 is 1.71 bits per heavy atom. The highest BCUT2D eigenvalue weighted by Crippen LogP contribution is 2.20. The van der Waals surface area contributed by atoms with Crippen molar-refractivity contribution in [3.63, 3.8) is 0 Å². The zero-order valence-corrected chi connectivity index (χ0v) is 16.9. The molecule has 0 saturated carbocycles. The van der Waals surface area contributed by atoms with E-state index in [-0.39, 0.29) is 18.8 Å². The Labute approximate surface area is 175 Å². The van der Waals surface area contributed by atoms with Gasteiger partial charge in [-0.1, -0.05) is 0 Å². The molecule has 2 aromatic rings. The molecule has 0 atom stereocenters. The number of aromatic hydroxyl groups is 1. The highest BCUT2D eigenvalue weighted by molar-refractivity contribution is 5.99. The van der Waals surface area contributed by atoms with Gasteiger partial charge in [-0.15, -0.1) is 0 Å². The minimum Gasteiger partial charge on any atom is -0.503 e. The second-order valence-electron chi connectivity index (χ2n) is 6.49. The van der Waals surface area contributed by atoms with Crippen molar-refractivity contribution in [3.8, 4) is 5.75 Å². The van der Waals surface area contributed by atoms with Crippen molar-refractivity contribution in [2.75, 3.05) is 19.7 Å². The van der Waals surface area contributed by atoms with Crippen LogP contribution >= 0.6 is 0 Å². The van der Waals surface area contributed by atoms with Crippen LogP contribution in [0.15, 0.2) is 23.1 Å². The number of aliphatic hydroxyl groups is 1. The molecule has 0 spiro atoms. The Hall–Kier alpha value is -3.34. The first-order valence-electron chi connectivity index (χ1n) is 9.44. The quantitative estimate of drug-likeness (QED) is 0.664. The van der Waals surface area contributed by atoms with E-state index in [4.69, 9.17) is 5.11 Å². The van der Waals surface area contributed by atoms with Crippen molar-refractivity contribution in [1.29, 1.82) is 0 Å². The Morgan fingerprint density at radius 1 is 1.13 bits per heavy atom. The Kier molecular flexibility index (Phi) is 7.81. The molecule has 11 heteroatoms. The maximum Gasteiger partial charge on any atom is 0.274 e. The van der Waals surface area contributed by atoms with Crippen LogP contribution in [0, 0.1) is 17.5 Å². The lowest BCUT2D eigenvalue weighted by Crippen LogP contribution is -2.42. The van der Waals surface area contributed by atoms with Gasteiger partial charge in [0, 0.05) is 56.7 Å². The predicted molar refractivity (Wildman–Crippen MR) is 104 cm³/mol. The van der Waals surface area contributed by atoms with E-state index in [1.807, 2.05) is 0 Å². The highest BCUT2D eigenvalue weighted by atomic mass is 19.1. The molecule has 0 aliphatic carbocycles. The van der Waals surface area contributed by atoms with Gasteiger partial charge < -0.3 is 25.0 Å². The van der Waals surface area contributed by atoms with E-state index in [1.165, 1.54) is 9.47 Å². The summed E-state index contributed by atoms with van der Waals surface area (Å²) in [6.07, 6.45) is 1.12. The molecule has 3 N–H and O–H groups in total. The predicted octanol–water partition coefficient (Wildman–Crippen LogP) is 1.38. The SMILES string of the molecule is CCN1CCn2cc(C(=O)NCc3c(F)cc(F)cc3F)c(=O)c(O)c2C1=O.CCO. The second kappa shape index (κ2) is 10.1. The molecule has 1 aliphatic heterocycles. The molecular weight excluding hydrogens is 419 g/mol. The highest BCUT2D eigenvalue weighted by Gasteiger charge is 2.30. The number of nitrogens with one attached hydrogen (secondary N) is 1. The number of aliphatic hydroxyl groups excluding tert-OH is 1. The van der Waals surface area contributed by atoms with E-state index in [1.54, 1.807) is 13.8 Å². The van der Waals surface area contributed by atoms with Crippen molar-refractivity contribution in [2.45, 2.75) is 26.9 Å². The minimum atomic E-state index is -1.19. The van der Waals surface area contributed by atoms with Gasteiger partial charge in [0.25, 0.3) is 11.8 Å². The average molecular weight is 441 g/mol. The van der Waals surface area contributed by atoms with Crippen molar-refractivity contribution < 1.29 is 33.0 Å². The molecular formula is C20H22F3N3O5. The topological polar surface area (TPSA) is 112 Å². The fraction of sp³-hybridized carbons (Fsp3) is 0.350. The smallest absolute Gasteiger partial charge is 0.274 e. The first kappa shape index (κ1) is 23.9. The maximum absolute atomic E-state index is 13.7. The molecule has 2 heterocycles. The van der Waals surface area contributed by atoms with Gasteiger partial charge in [0.1, 0.15) is 23.0 Å². The van der Waals surface area contributed by atoms with Crippen LogP contribution in [0.1, 0.15) is 40.3 Å². The number of aromatic nitrogens is 1. The number of hydrogen-bond acceptors (Lipinski definition) is 5. The number of amides is 2. The van der Waals surface area contributed by atoms with Crippen LogP contribution in [-0.2, 0) is 13.1 Å². The minimum absolute atomic E-state index is 0.217. The number of fused-ring (bicyclic) bond motifs is 1. The van der Waals surface area contributed by atoms with E-state index in [0.29, 0.717) is 25.2 Å². The third-order valence-corrected chi connectivity index (χ3v) is 4.51. The summed E-state index contributed by atoms with van der Waals surface area (Å²) in [5.74, 6) is -5.88. The molecule has 1 aromatic heterocycles. The largest absolute Gasteiger partial charge is 0.503 e. The Balaban J connectivity index is 0.00000107. The van der Waals surface area contributed by atoms with Crippen LogP contribution in [0.5, 0.6) is 5.75 Å². The summed E-state index contributed by atoms with van der Waals surface area (Å²) >= 11 is 0. The maximum atomic E-state index is 13.7. The number of carbonyl (C=O) groups excluding carboxylic acids is 2. The summed E-state index contributed by atoms with van der Waals surface area (Å²) in [5.41, 5.74) is -2.35. The number of benzene rings is 1. The Bertz CT molecular complexity index is 1030. The summed E-state index contributed by atoms with van der Waals surface area (Å²) in [7, 11) is 0. The van der Waals surface area contributed by atoms with Gasteiger partial charge in [0.15, 0.2) is 11.4 Å². The summed E-state index contributed by atoms with van der Waals surface area (Å²) in [6, 6.07) is 0.935. The van der Waals surface area contributed by atoms with Gasteiger partial charge in [0.2, 0.25) is 5.43 Å². The van der Waals surface area contributed by atoms with Crippen molar-refractivity contribution in [1.82, 2.24) is 14.8 Å². The van der Waals surface area contributed by atoms with Crippen molar-refractivity contribution >= 4 is 11.8 Å². The van der Waals surface area contributed by atoms with Gasteiger partial charge in [-0.05, 0) is 13.8 Å². The van der Waals surface area contributed by atoms with Gasteiger partial charge in [0.05, 0.1) is 0 Å². The summed E-state index contributed by atoms with van der Waals surface area (Å²) in [4.78, 5) is 38.4. The van der Waals surface area contributed by atoms with E-state index in [0.717, 1.165) is 6.20 Å². The molecule has 0 unspecified atom stereocenters. The molecule has 31 heavy (non-hydrogen) atoms. The molecule has 0 radical (unpaired) electrons. The fourth-order valence-electron chi connectivity index (χ4n) is 3.00. The first-order valence-corrected chi connectivity index (χ1v) is 9.44. The van der Waals surface area contributed by atoms with Crippen molar-refractivity contribution in [3.05, 3.63) is 62.8 Å². The number of nitrogens with zero attached hydrogens (tertiary/aromatic N) is 2. The summed E-state index contributed by atoms with van der Waals surface area (Å²) in [5, 5.41) is 19.9. The second-order valence-corrected chi connectivity index (χ2v) is 6.49. The normalized spacial score (nSPS) is 12.7. The standard InChI is InChI=1S/C18H16F3N3O4.C2H6O/c1-2-23-3-4-24-8-11(15(25)16(26)14(24)18(23)28)17(27)22-7-10-12(20)5-9(19)6-13(10)21;1-2-3/h5-6,8,26H,2-4,7H2,1H3,(H,22,27);3H,2H2,1H3. The molecule has 1 aromatic carbocycles. The number of likely N-dealkylation sites (N-methyl/N-ethyl adjacent to an activating group) is 1. The monoisotopic (exact) mass is 441 g/mol. The molecule has 0 saturated heterocycles. The van der Waals surface area contributed by atoms with Crippen molar-refractivity contribution in [2.24, 2.45) is 0 Å². The molecule has 8 nitrogen and oxygen atoms in total. The molecule has 2 amide bonds. The first-order chi connectivity index (χ1) is 14.7. The van der Waals surface area contributed by atoms with E-state index >= 15 is 0 Å². The van der Waals surface area contributed by atoms with Crippen LogP contribution in [0.3, 0.4) is 0 Å². The summed E-state index contributed by atoms with van der Waals surface area (Å²) in [6.45, 7) is 4.02. The summed E-state index contributed by atoms with van der Waals surface area (Å²) < 4.78 is 41.6. The van der Waals surface area contributed by atoms with Crippen LogP contribution in [0.4, 0.5) is 13.2 Å². The molecule has 3 rings (SSSR count). The van der Waals surface area contributed by atoms with Gasteiger partial charge >= 0.3 is 0 Å². The van der Waals surface area contributed by atoms with E-state index < -0.39 is 58.1 Å².